The van der Waals surface area contributed by atoms with Crippen molar-refractivity contribution in [3.05, 3.63) is 83.5 Å². The Morgan fingerprint density at radius 2 is 1.97 bits per heavy atom. The molecule has 2 heterocycles. The molecule has 0 saturated carbocycles. The highest BCUT2D eigenvalue weighted by Gasteiger charge is 2.18. The van der Waals surface area contributed by atoms with Crippen LogP contribution in [0.25, 0.3) is 33.4 Å². The first-order valence-electron chi connectivity index (χ1n) is 9.00. The van der Waals surface area contributed by atoms with Gasteiger partial charge in [-0.25, -0.2) is 14.4 Å². The Bertz CT molecular complexity index is 1260. The van der Waals surface area contributed by atoms with Crippen LogP contribution in [0, 0.1) is 5.82 Å². The van der Waals surface area contributed by atoms with Gasteiger partial charge in [0.1, 0.15) is 17.8 Å². The number of hydrogen-bond donors (Lipinski definition) is 1. The zero-order valence-corrected chi connectivity index (χ0v) is 16.4. The molecule has 0 radical (unpaired) electrons. The summed E-state index contributed by atoms with van der Waals surface area (Å²) in [4.78, 5) is 23.9. The van der Waals surface area contributed by atoms with Gasteiger partial charge in [-0.2, -0.15) is 0 Å². The van der Waals surface area contributed by atoms with Gasteiger partial charge in [-0.1, -0.05) is 48.5 Å². The third-order valence-electron chi connectivity index (χ3n) is 4.75. The minimum atomic E-state index is -0.489. The van der Waals surface area contributed by atoms with E-state index in [1.807, 2.05) is 24.3 Å². The molecule has 29 heavy (non-hydrogen) atoms. The molecule has 0 amide bonds. The van der Waals surface area contributed by atoms with Gasteiger partial charge in [-0.3, -0.25) is 4.79 Å². The summed E-state index contributed by atoms with van der Waals surface area (Å²) >= 11 is 6.22. The van der Waals surface area contributed by atoms with E-state index in [0.717, 1.165) is 16.5 Å². The van der Waals surface area contributed by atoms with E-state index in [2.05, 4.69) is 21.5 Å². The molecule has 2 aromatic carbocycles. The third-order valence-corrected chi connectivity index (χ3v) is 5.14. The molecule has 144 valence electrons. The summed E-state index contributed by atoms with van der Waals surface area (Å²) in [6.45, 7) is 5.41. The van der Waals surface area contributed by atoms with Crippen molar-refractivity contribution < 1.29 is 9.18 Å². The first kappa shape index (κ1) is 19.0. The fourth-order valence-electron chi connectivity index (χ4n) is 3.27. The van der Waals surface area contributed by atoms with Gasteiger partial charge in [0, 0.05) is 29.3 Å². The number of halogens is 2. The van der Waals surface area contributed by atoms with Crippen molar-refractivity contribution in [2.45, 2.75) is 13.3 Å². The number of nitrogens with zero attached hydrogens (tertiary/aromatic N) is 2. The zero-order chi connectivity index (χ0) is 20.5. The fraction of sp³-hybridized carbons (Fsp3) is 0.0870. The van der Waals surface area contributed by atoms with Crippen molar-refractivity contribution in [3.63, 3.8) is 0 Å². The molecule has 2 aromatic heterocycles. The Hall–Kier alpha value is -3.31. The summed E-state index contributed by atoms with van der Waals surface area (Å²) in [5, 5.41) is 0.785. The van der Waals surface area contributed by atoms with Gasteiger partial charge in [-0.05, 0) is 30.2 Å². The largest absolute Gasteiger partial charge is 0.345 e. The number of carbonyl (C=O) groups is 1. The third kappa shape index (κ3) is 3.57. The van der Waals surface area contributed by atoms with E-state index in [9.17, 15) is 9.18 Å². The number of Topliss-reactive ketones (excluding diaryl/α,β-unsaturated/α-hetero) is 1. The van der Waals surface area contributed by atoms with Gasteiger partial charge in [0.05, 0.1) is 16.1 Å². The van der Waals surface area contributed by atoms with Crippen LogP contribution in [-0.4, -0.2) is 20.7 Å². The van der Waals surface area contributed by atoms with E-state index in [1.165, 1.54) is 12.4 Å². The second kappa shape index (κ2) is 7.60. The lowest BCUT2D eigenvalue weighted by Gasteiger charge is -2.09. The van der Waals surface area contributed by atoms with Gasteiger partial charge < -0.3 is 4.98 Å². The molecule has 6 heteroatoms. The predicted molar refractivity (Wildman–Crippen MR) is 113 cm³/mol. The number of rotatable bonds is 5. The van der Waals surface area contributed by atoms with Gasteiger partial charge in [0.15, 0.2) is 5.78 Å². The number of benzene rings is 2. The quantitative estimate of drug-likeness (QED) is 0.428. The molecule has 0 bridgehead atoms. The predicted octanol–water partition coefficient (Wildman–Crippen LogP) is 5.77. The van der Waals surface area contributed by atoms with Crippen LogP contribution in [0.4, 0.5) is 4.39 Å². The van der Waals surface area contributed by atoms with E-state index in [-0.39, 0.29) is 17.2 Å². The van der Waals surface area contributed by atoms with E-state index in [4.69, 9.17) is 11.6 Å². The number of nitrogens with one attached hydrogen (secondary N) is 1. The average Bonchev–Trinajstić information content (AvgIpc) is 3.14. The molecule has 0 fully saturated rings. The van der Waals surface area contributed by atoms with E-state index >= 15 is 0 Å². The van der Waals surface area contributed by atoms with Gasteiger partial charge in [-0.15, -0.1) is 0 Å². The number of H-pyrrole nitrogens is 1. The van der Waals surface area contributed by atoms with Crippen LogP contribution in [0.2, 0.25) is 5.02 Å². The number of fused-ring (bicyclic) bond motifs is 1. The SMILES string of the molecule is C=C(C)C(=O)Cc1cccc(-c2ncnc3[nH]cc(-c4cccc(F)c4Cl)c23)c1. The summed E-state index contributed by atoms with van der Waals surface area (Å²) in [6, 6.07) is 12.3. The Labute approximate surface area is 172 Å². The number of ketones is 1. The van der Waals surface area contributed by atoms with E-state index in [0.29, 0.717) is 28.0 Å². The highest BCUT2D eigenvalue weighted by Crippen LogP contribution is 2.38. The molecular weight excluding hydrogens is 389 g/mol. The molecule has 0 aliphatic heterocycles. The fourth-order valence-corrected chi connectivity index (χ4v) is 3.50. The van der Waals surface area contributed by atoms with Crippen molar-refractivity contribution in [1.82, 2.24) is 15.0 Å². The normalized spacial score (nSPS) is 11.0. The Balaban J connectivity index is 1.88. The second-order valence-corrected chi connectivity index (χ2v) is 7.21. The highest BCUT2D eigenvalue weighted by molar-refractivity contribution is 6.34. The van der Waals surface area contributed by atoms with Crippen molar-refractivity contribution in [2.75, 3.05) is 0 Å². The summed E-state index contributed by atoms with van der Waals surface area (Å²) in [6.07, 6.45) is 3.49. The summed E-state index contributed by atoms with van der Waals surface area (Å²) in [5.74, 6) is -0.499. The maximum absolute atomic E-state index is 14.0. The number of aromatic nitrogens is 3. The molecular formula is C23H17ClFN3O. The lowest BCUT2D eigenvalue weighted by atomic mass is 9.98. The monoisotopic (exact) mass is 405 g/mol. The molecule has 0 unspecified atom stereocenters. The van der Waals surface area contributed by atoms with Crippen molar-refractivity contribution >= 4 is 28.4 Å². The van der Waals surface area contributed by atoms with Crippen LogP contribution >= 0.6 is 11.6 Å². The first-order valence-corrected chi connectivity index (χ1v) is 9.38. The van der Waals surface area contributed by atoms with Crippen LogP contribution in [0.5, 0.6) is 0 Å². The van der Waals surface area contributed by atoms with Crippen LogP contribution in [-0.2, 0) is 11.2 Å². The molecule has 4 rings (SSSR count). The van der Waals surface area contributed by atoms with Gasteiger partial charge in [0.2, 0.25) is 0 Å². The second-order valence-electron chi connectivity index (χ2n) is 6.83. The molecule has 0 aliphatic carbocycles. The molecule has 4 nitrogen and oxygen atoms in total. The molecule has 4 aromatic rings. The molecule has 0 aliphatic rings. The zero-order valence-electron chi connectivity index (χ0n) is 15.7. The van der Waals surface area contributed by atoms with E-state index in [1.54, 1.807) is 25.3 Å². The Morgan fingerprint density at radius 1 is 1.17 bits per heavy atom. The molecule has 0 spiro atoms. The molecule has 0 saturated heterocycles. The summed E-state index contributed by atoms with van der Waals surface area (Å²) in [5.41, 5.74) is 4.78. The topological polar surface area (TPSA) is 58.6 Å². The summed E-state index contributed by atoms with van der Waals surface area (Å²) in [7, 11) is 0. The standard InChI is InChI=1S/C23H17ClFN3O/c1-13(2)19(29)10-14-5-3-6-15(9-14)22-20-17(11-26-23(20)28-12-27-22)16-7-4-8-18(25)21(16)24/h3-9,11-12H,1,10H2,2H3,(H,26,27,28). The minimum absolute atomic E-state index is 0.0103. The first-order chi connectivity index (χ1) is 14.0. The van der Waals surface area contributed by atoms with Crippen LogP contribution in [0.15, 0.2) is 67.1 Å². The number of allylic oxidation sites excluding steroid dienone is 1. The van der Waals surface area contributed by atoms with Gasteiger partial charge in [0.25, 0.3) is 0 Å². The Morgan fingerprint density at radius 3 is 2.76 bits per heavy atom. The van der Waals surface area contributed by atoms with Crippen molar-refractivity contribution in [1.29, 1.82) is 0 Å². The molecule has 0 atom stereocenters. The van der Waals surface area contributed by atoms with Crippen molar-refractivity contribution in [3.8, 4) is 22.4 Å². The lowest BCUT2D eigenvalue weighted by Crippen LogP contribution is -2.03. The van der Waals surface area contributed by atoms with Crippen molar-refractivity contribution in [2.24, 2.45) is 0 Å². The molecule has 1 N–H and O–H groups in total. The maximum Gasteiger partial charge on any atom is 0.162 e. The highest BCUT2D eigenvalue weighted by atomic mass is 35.5. The average molecular weight is 406 g/mol. The number of carbonyl (C=O) groups excluding carboxylic acids is 1. The summed E-state index contributed by atoms with van der Waals surface area (Å²) < 4.78 is 14.0. The smallest absolute Gasteiger partial charge is 0.162 e. The Kier molecular flexibility index (Phi) is 4.99. The number of hydrogen-bond acceptors (Lipinski definition) is 3. The van der Waals surface area contributed by atoms with Crippen LogP contribution < -0.4 is 0 Å². The van der Waals surface area contributed by atoms with Gasteiger partial charge >= 0.3 is 0 Å². The minimum Gasteiger partial charge on any atom is -0.345 e. The van der Waals surface area contributed by atoms with E-state index < -0.39 is 5.82 Å². The maximum atomic E-state index is 14.0. The van der Waals surface area contributed by atoms with Crippen LogP contribution in [0.3, 0.4) is 0 Å². The van der Waals surface area contributed by atoms with Crippen LogP contribution in [0.1, 0.15) is 12.5 Å². The number of aromatic amines is 1. The lowest BCUT2D eigenvalue weighted by molar-refractivity contribution is -0.114.